The van der Waals surface area contributed by atoms with Crippen LogP contribution in [0, 0.1) is 10.8 Å². The predicted molar refractivity (Wildman–Crippen MR) is 37.9 cm³/mol. The maximum atomic E-state index is 10.3. The van der Waals surface area contributed by atoms with E-state index < -0.39 is 5.97 Å². The number of hydrogen-bond acceptors (Lipinski definition) is 2. The Kier molecular flexibility index (Phi) is 4.94. The third kappa shape index (κ3) is 5.12. The normalized spacial score (nSPS) is 8.22. The van der Waals surface area contributed by atoms with Gasteiger partial charge in [-0.15, -0.1) is 0 Å². The van der Waals surface area contributed by atoms with E-state index in [2.05, 4.69) is 31.4 Å². The summed E-state index contributed by atoms with van der Waals surface area (Å²) in [4.78, 5) is 12.7. The monoisotopic (exact) mass is 188 g/mol. The molecule has 0 saturated carbocycles. The highest BCUT2D eigenvalue weighted by Crippen LogP contribution is 1.76. The van der Waals surface area contributed by atoms with Gasteiger partial charge in [0.05, 0.1) is 7.11 Å². The molecule has 0 atom stereocenters. The number of allylic oxidation sites excluding steroid dienone is 1. The Morgan fingerprint density at radius 2 is 2.44 bits per heavy atom. The van der Waals surface area contributed by atoms with Crippen molar-refractivity contribution >= 4 is 21.9 Å². The number of esters is 1. The first kappa shape index (κ1) is 8.25. The summed E-state index contributed by atoms with van der Waals surface area (Å²) in [5, 5.41) is 0. The Hall–Kier alpha value is -0.750. The fourth-order valence-corrected chi connectivity index (χ4v) is 0.341. The van der Waals surface area contributed by atoms with Gasteiger partial charge >= 0.3 is 5.97 Å². The summed E-state index contributed by atoms with van der Waals surface area (Å²) < 4.78 is 4.29. The van der Waals surface area contributed by atoms with Crippen molar-refractivity contribution in [2.75, 3.05) is 7.11 Å². The lowest BCUT2D eigenvalue weighted by atomic mass is 10.5. The van der Waals surface area contributed by atoms with E-state index in [4.69, 9.17) is 0 Å². The van der Waals surface area contributed by atoms with Crippen LogP contribution in [0.5, 0.6) is 0 Å². The summed E-state index contributed by atoms with van der Waals surface area (Å²) in [6.07, 6.45) is 2.65. The Labute approximate surface area is 62.0 Å². The molecule has 0 aromatic carbocycles. The van der Waals surface area contributed by atoms with Gasteiger partial charge in [-0.1, -0.05) is 5.92 Å². The fraction of sp³-hybridized carbons (Fsp3) is 0.167. The van der Waals surface area contributed by atoms with Crippen LogP contribution in [-0.4, -0.2) is 13.1 Å². The molecule has 9 heavy (non-hydrogen) atoms. The summed E-state index contributed by atoms with van der Waals surface area (Å²) in [6, 6.07) is 0. The largest absolute Gasteiger partial charge is 0.466 e. The van der Waals surface area contributed by atoms with Crippen LogP contribution < -0.4 is 0 Å². The highest BCUT2D eigenvalue weighted by molar-refractivity contribution is 9.12. The average Bonchev–Trinajstić information content (AvgIpc) is 1.89. The highest BCUT2D eigenvalue weighted by Gasteiger charge is 1.85. The van der Waals surface area contributed by atoms with Crippen LogP contribution in [0.25, 0.3) is 0 Å². The van der Waals surface area contributed by atoms with Crippen LogP contribution in [0.1, 0.15) is 0 Å². The van der Waals surface area contributed by atoms with E-state index in [1.807, 2.05) is 0 Å². The van der Waals surface area contributed by atoms with E-state index in [0.717, 1.165) is 0 Å². The highest BCUT2D eigenvalue weighted by atomic mass is 79.9. The van der Waals surface area contributed by atoms with E-state index in [0.29, 0.717) is 0 Å². The molecule has 0 aliphatic rings. The molecule has 0 aliphatic carbocycles. The van der Waals surface area contributed by atoms with Crippen molar-refractivity contribution < 1.29 is 9.53 Å². The van der Waals surface area contributed by atoms with Crippen LogP contribution in [0.15, 0.2) is 12.2 Å². The smallest absolute Gasteiger partial charge is 0.331 e. The standard InChI is InChI=1S/C6H5BrO2/c1-9-6(8)4-2-3-5-7/h2,4H,1H3/b4-2+. The average molecular weight is 189 g/mol. The van der Waals surface area contributed by atoms with E-state index >= 15 is 0 Å². The molecule has 2 nitrogen and oxygen atoms in total. The third-order valence-corrected chi connectivity index (χ3v) is 0.787. The van der Waals surface area contributed by atoms with Gasteiger partial charge in [0.2, 0.25) is 0 Å². The zero-order valence-corrected chi connectivity index (χ0v) is 6.44. The van der Waals surface area contributed by atoms with Gasteiger partial charge in [0.15, 0.2) is 0 Å². The number of halogens is 1. The maximum absolute atomic E-state index is 10.3. The van der Waals surface area contributed by atoms with Gasteiger partial charge in [0.25, 0.3) is 0 Å². The van der Waals surface area contributed by atoms with Crippen LogP contribution in [-0.2, 0) is 9.53 Å². The molecule has 0 N–H and O–H groups in total. The topological polar surface area (TPSA) is 26.3 Å². The number of rotatable bonds is 1. The van der Waals surface area contributed by atoms with E-state index in [-0.39, 0.29) is 0 Å². The summed E-state index contributed by atoms with van der Waals surface area (Å²) in [6.45, 7) is 0. The summed E-state index contributed by atoms with van der Waals surface area (Å²) >= 11 is 2.86. The number of ether oxygens (including phenoxy) is 1. The number of carbonyl (C=O) groups is 1. The molecule has 0 aliphatic heterocycles. The molecule has 48 valence electrons. The molecule has 0 saturated heterocycles. The Morgan fingerprint density at radius 3 is 2.89 bits per heavy atom. The van der Waals surface area contributed by atoms with Crippen molar-refractivity contribution in [2.24, 2.45) is 0 Å². The second-order valence-corrected chi connectivity index (χ2v) is 1.49. The lowest BCUT2D eigenvalue weighted by Crippen LogP contribution is -1.92. The van der Waals surface area contributed by atoms with Gasteiger partial charge in [-0.2, -0.15) is 0 Å². The molecule has 0 aromatic rings. The minimum atomic E-state index is -0.398. The van der Waals surface area contributed by atoms with Crippen molar-refractivity contribution in [3.63, 3.8) is 0 Å². The van der Waals surface area contributed by atoms with Crippen molar-refractivity contribution in [3.8, 4) is 10.8 Å². The first-order valence-corrected chi connectivity index (χ1v) is 2.96. The zero-order valence-electron chi connectivity index (χ0n) is 4.85. The summed E-state index contributed by atoms with van der Waals surface area (Å²) in [5.74, 6) is 2.10. The second-order valence-electron chi connectivity index (χ2n) is 1.10. The van der Waals surface area contributed by atoms with Gasteiger partial charge < -0.3 is 4.74 Å². The third-order valence-electron chi connectivity index (χ3n) is 0.558. The fourth-order valence-electron chi connectivity index (χ4n) is 0.209. The van der Waals surface area contributed by atoms with E-state index in [9.17, 15) is 4.79 Å². The molecule has 0 unspecified atom stereocenters. The van der Waals surface area contributed by atoms with Gasteiger partial charge in [-0.05, 0) is 10.9 Å². The van der Waals surface area contributed by atoms with Crippen molar-refractivity contribution in [2.45, 2.75) is 0 Å². The van der Waals surface area contributed by atoms with Gasteiger partial charge in [0, 0.05) is 22.0 Å². The molecule has 0 radical (unpaired) electrons. The van der Waals surface area contributed by atoms with E-state index in [1.54, 1.807) is 0 Å². The van der Waals surface area contributed by atoms with Crippen LogP contribution >= 0.6 is 15.9 Å². The van der Waals surface area contributed by atoms with Crippen molar-refractivity contribution in [1.82, 2.24) is 0 Å². The minimum Gasteiger partial charge on any atom is -0.466 e. The molecule has 0 rings (SSSR count). The van der Waals surface area contributed by atoms with Gasteiger partial charge in [-0.3, -0.25) is 0 Å². The quantitative estimate of drug-likeness (QED) is 0.350. The molecule has 0 amide bonds. The first-order chi connectivity index (χ1) is 4.31. The Morgan fingerprint density at radius 1 is 1.78 bits per heavy atom. The van der Waals surface area contributed by atoms with Gasteiger partial charge in [-0.25, -0.2) is 4.79 Å². The maximum Gasteiger partial charge on any atom is 0.331 e. The van der Waals surface area contributed by atoms with Crippen LogP contribution in [0.3, 0.4) is 0 Å². The second kappa shape index (κ2) is 5.39. The van der Waals surface area contributed by atoms with E-state index in [1.165, 1.54) is 19.3 Å². The van der Waals surface area contributed by atoms with Crippen molar-refractivity contribution in [3.05, 3.63) is 12.2 Å². The molecule has 0 heterocycles. The summed E-state index contributed by atoms with van der Waals surface area (Å²) in [7, 11) is 1.31. The number of methoxy groups -OCH3 is 1. The Balaban J connectivity index is 3.66. The molecule has 0 bridgehead atoms. The minimum absolute atomic E-state index is 0.398. The number of hydrogen-bond donors (Lipinski definition) is 0. The lowest BCUT2D eigenvalue weighted by molar-refractivity contribution is -0.134. The number of carbonyl (C=O) groups excluding carboxylic acids is 1. The first-order valence-electron chi connectivity index (χ1n) is 2.17. The molecular formula is C6H5BrO2. The molecule has 0 fully saturated rings. The Bertz CT molecular complexity index is 173. The van der Waals surface area contributed by atoms with Crippen molar-refractivity contribution in [1.29, 1.82) is 0 Å². The van der Waals surface area contributed by atoms with Gasteiger partial charge in [0.1, 0.15) is 0 Å². The predicted octanol–water partition coefficient (Wildman–Crippen LogP) is 1.07. The zero-order chi connectivity index (χ0) is 7.11. The summed E-state index contributed by atoms with van der Waals surface area (Å²) in [5.41, 5.74) is 0. The van der Waals surface area contributed by atoms with Crippen LogP contribution in [0.4, 0.5) is 0 Å². The van der Waals surface area contributed by atoms with Crippen LogP contribution in [0.2, 0.25) is 0 Å². The molecular weight excluding hydrogens is 184 g/mol. The molecule has 3 heteroatoms. The SMILES string of the molecule is COC(=O)/C=C/C#CBr. The lowest BCUT2D eigenvalue weighted by Gasteiger charge is -1.84. The molecule has 0 spiro atoms. The molecule has 0 aromatic heterocycles.